The molecule has 3 N–H and O–H groups in total. The summed E-state index contributed by atoms with van der Waals surface area (Å²) in [6, 6.07) is 14.0. The predicted octanol–water partition coefficient (Wildman–Crippen LogP) is 4.97. The maximum absolute atomic E-state index is 13.6. The van der Waals surface area contributed by atoms with Crippen LogP contribution in [0.1, 0.15) is 75.7 Å². The van der Waals surface area contributed by atoms with E-state index in [2.05, 4.69) is 15.5 Å². The van der Waals surface area contributed by atoms with Crippen LogP contribution in [0.4, 0.5) is 0 Å². The SMILES string of the molecule is CC(=O)Oc1cccc(C(=O)NC(CSc2ccccc2)C(O)CN2CC3CCCCC3CC2C(=O)NC(C)(C)C)c1C. The molecule has 43 heavy (non-hydrogen) atoms. The molecule has 1 aliphatic heterocycles. The van der Waals surface area contributed by atoms with Gasteiger partial charge in [0.2, 0.25) is 5.91 Å². The van der Waals surface area contributed by atoms with Crippen LogP contribution in [0.5, 0.6) is 5.75 Å². The Labute approximate surface area is 260 Å². The molecule has 2 aromatic carbocycles. The first kappa shape index (κ1) is 33.0. The number of amides is 2. The van der Waals surface area contributed by atoms with Crippen molar-refractivity contribution in [1.82, 2.24) is 15.5 Å². The Morgan fingerprint density at radius 2 is 1.74 bits per heavy atom. The number of benzene rings is 2. The lowest BCUT2D eigenvalue weighted by molar-refractivity contribution is -0.133. The second-order valence-electron chi connectivity index (χ2n) is 13.0. The number of fused-ring (bicyclic) bond motifs is 1. The first-order valence-electron chi connectivity index (χ1n) is 15.4. The average molecular weight is 610 g/mol. The summed E-state index contributed by atoms with van der Waals surface area (Å²) < 4.78 is 5.29. The van der Waals surface area contributed by atoms with Crippen LogP contribution in [0.3, 0.4) is 0 Å². The maximum Gasteiger partial charge on any atom is 0.308 e. The molecule has 0 bridgehead atoms. The number of piperidine rings is 1. The molecule has 2 amide bonds. The van der Waals surface area contributed by atoms with Gasteiger partial charge in [-0.2, -0.15) is 0 Å². The molecule has 5 unspecified atom stereocenters. The molecule has 234 valence electrons. The van der Waals surface area contributed by atoms with Crippen molar-refractivity contribution in [3.63, 3.8) is 0 Å². The van der Waals surface area contributed by atoms with Crippen LogP contribution in [-0.2, 0) is 9.59 Å². The second-order valence-corrected chi connectivity index (χ2v) is 14.1. The van der Waals surface area contributed by atoms with Crippen molar-refractivity contribution in [3.05, 3.63) is 59.7 Å². The van der Waals surface area contributed by atoms with E-state index in [1.54, 1.807) is 36.9 Å². The average Bonchev–Trinajstić information content (AvgIpc) is 2.95. The summed E-state index contributed by atoms with van der Waals surface area (Å²) >= 11 is 1.56. The molecule has 4 rings (SSSR count). The number of hydrogen-bond acceptors (Lipinski definition) is 7. The Balaban J connectivity index is 1.55. The maximum atomic E-state index is 13.6. The Morgan fingerprint density at radius 3 is 2.42 bits per heavy atom. The number of ether oxygens (including phenoxy) is 1. The van der Waals surface area contributed by atoms with Crippen molar-refractivity contribution in [2.75, 3.05) is 18.8 Å². The number of esters is 1. The van der Waals surface area contributed by atoms with Crippen LogP contribution in [-0.4, -0.2) is 70.4 Å². The van der Waals surface area contributed by atoms with E-state index in [1.807, 2.05) is 51.1 Å². The number of likely N-dealkylation sites (tertiary alicyclic amines) is 1. The van der Waals surface area contributed by atoms with Crippen molar-refractivity contribution in [3.8, 4) is 5.75 Å². The minimum atomic E-state index is -0.915. The van der Waals surface area contributed by atoms with Gasteiger partial charge in [0.05, 0.1) is 18.2 Å². The van der Waals surface area contributed by atoms with Gasteiger partial charge >= 0.3 is 5.97 Å². The number of β-amino-alcohol motifs (C(OH)–C–C–N with tert-alkyl or cyclic N) is 1. The van der Waals surface area contributed by atoms with Crippen molar-refractivity contribution >= 4 is 29.5 Å². The third-order valence-electron chi connectivity index (χ3n) is 8.46. The van der Waals surface area contributed by atoms with E-state index < -0.39 is 18.1 Å². The van der Waals surface area contributed by atoms with E-state index in [1.165, 1.54) is 19.8 Å². The Morgan fingerprint density at radius 1 is 1.05 bits per heavy atom. The highest BCUT2D eigenvalue weighted by Crippen LogP contribution is 2.39. The van der Waals surface area contributed by atoms with Gasteiger partial charge in [0.25, 0.3) is 5.91 Å². The summed E-state index contributed by atoms with van der Waals surface area (Å²) in [6.45, 7) is 10.1. The summed E-state index contributed by atoms with van der Waals surface area (Å²) in [6.07, 6.45) is 4.58. The van der Waals surface area contributed by atoms with E-state index in [9.17, 15) is 19.5 Å². The molecule has 1 saturated carbocycles. The van der Waals surface area contributed by atoms with Gasteiger partial charge in [0.15, 0.2) is 0 Å². The highest BCUT2D eigenvalue weighted by Gasteiger charge is 2.41. The van der Waals surface area contributed by atoms with Crippen LogP contribution in [0, 0.1) is 18.8 Å². The van der Waals surface area contributed by atoms with E-state index in [0.717, 1.165) is 30.7 Å². The number of carbonyl (C=O) groups excluding carboxylic acids is 3. The number of rotatable bonds is 10. The van der Waals surface area contributed by atoms with Gasteiger partial charge < -0.3 is 20.5 Å². The zero-order valence-corrected chi connectivity index (χ0v) is 26.9. The third kappa shape index (κ3) is 9.30. The molecule has 2 fully saturated rings. The van der Waals surface area contributed by atoms with Gasteiger partial charge in [-0.25, -0.2) is 0 Å². The van der Waals surface area contributed by atoms with Crippen LogP contribution < -0.4 is 15.4 Å². The number of thioether (sulfide) groups is 1. The molecular weight excluding hydrogens is 562 g/mol. The lowest BCUT2D eigenvalue weighted by Crippen LogP contribution is -2.60. The number of nitrogens with zero attached hydrogens (tertiary/aromatic N) is 1. The first-order chi connectivity index (χ1) is 20.4. The monoisotopic (exact) mass is 609 g/mol. The highest BCUT2D eigenvalue weighted by atomic mass is 32.2. The standard InChI is InChI=1S/C34H47N3O5S/c1-22-27(16-11-17-31(22)42-23(2)38)32(40)35-28(21-43-26-14-7-6-8-15-26)30(39)20-37-19-25-13-10-9-12-24(25)18-29(37)33(41)36-34(3,4)5/h6-8,11,14-17,24-25,28-30,39H,9-10,12-13,18-21H2,1-5H3,(H,35,40)(H,36,41). The van der Waals surface area contributed by atoms with Crippen LogP contribution in [0.2, 0.25) is 0 Å². The van der Waals surface area contributed by atoms with Gasteiger partial charge in [-0.1, -0.05) is 43.5 Å². The fourth-order valence-corrected chi connectivity index (χ4v) is 7.35. The Kier molecular flexibility index (Phi) is 11.3. The molecule has 0 aromatic heterocycles. The predicted molar refractivity (Wildman–Crippen MR) is 170 cm³/mol. The Bertz CT molecular complexity index is 1260. The topological polar surface area (TPSA) is 108 Å². The molecule has 9 heteroatoms. The van der Waals surface area contributed by atoms with Crippen molar-refractivity contribution in [1.29, 1.82) is 0 Å². The number of aliphatic hydroxyl groups excluding tert-OH is 1. The lowest BCUT2D eigenvalue weighted by Gasteiger charge is -2.47. The largest absolute Gasteiger partial charge is 0.426 e. The minimum Gasteiger partial charge on any atom is -0.426 e. The second kappa shape index (κ2) is 14.7. The number of aliphatic hydroxyl groups is 1. The van der Waals surface area contributed by atoms with Gasteiger partial charge in [0, 0.05) is 47.3 Å². The molecule has 1 saturated heterocycles. The molecule has 2 aliphatic rings. The van der Waals surface area contributed by atoms with Gasteiger partial charge in [0.1, 0.15) is 5.75 Å². The molecule has 1 aliphatic carbocycles. The number of carbonyl (C=O) groups is 3. The molecule has 1 heterocycles. The number of hydrogen-bond donors (Lipinski definition) is 3. The summed E-state index contributed by atoms with van der Waals surface area (Å²) in [4.78, 5) is 41.9. The normalized spacial score (nSPS) is 22.1. The van der Waals surface area contributed by atoms with Gasteiger partial charge in [-0.05, 0) is 76.6 Å². The van der Waals surface area contributed by atoms with Crippen LogP contribution in [0.15, 0.2) is 53.4 Å². The van der Waals surface area contributed by atoms with Crippen LogP contribution in [0.25, 0.3) is 0 Å². The molecule has 0 spiro atoms. The molecule has 5 atom stereocenters. The third-order valence-corrected chi connectivity index (χ3v) is 9.59. The van der Waals surface area contributed by atoms with E-state index in [4.69, 9.17) is 4.74 Å². The van der Waals surface area contributed by atoms with Gasteiger partial charge in [-0.15, -0.1) is 11.8 Å². The number of nitrogens with one attached hydrogen (secondary N) is 2. The van der Waals surface area contributed by atoms with Crippen molar-refractivity contribution in [2.24, 2.45) is 11.8 Å². The fourth-order valence-electron chi connectivity index (χ4n) is 6.32. The molecule has 2 aromatic rings. The molecule has 0 radical (unpaired) electrons. The Hall–Kier alpha value is -2.88. The lowest BCUT2D eigenvalue weighted by atomic mass is 9.72. The summed E-state index contributed by atoms with van der Waals surface area (Å²) in [5.74, 6) is 1.00. The van der Waals surface area contributed by atoms with E-state index in [0.29, 0.717) is 34.5 Å². The summed E-state index contributed by atoms with van der Waals surface area (Å²) in [7, 11) is 0. The summed E-state index contributed by atoms with van der Waals surface area (Å²) in [5, 5.41) is 18.0. The molecule has 8 nitrogen and oxygen atoms in total. The zero-order valence-electron chi connectivity index (χ0n) is 26.1. The van der Waals surface area contributed by atoms with Crippen molar-refractivity contribution < 1.29 is 24.2 Å². The van der Waals surface area contributed by atoms with Crippen molar-refractivity contribution in [2.45, 2.75) is 95.3 Å². The zero-order chi connectivity index (χ0) is 31.1. The van der Waals surface area contributed by atoms with E-state index >= 15 is 0 Å². The quantitative estimate of drug-likeness (QED) is 0.198. The summed E-state index contributed by atoms with van der Waals surface area (Å²) in [5.41, 5.74) is 0.579. The molecular formula is C34H47N3O5S. The van der Waals surface area contributed by atoms with E-state index in [-0.39, 0.29) is 29.9 Å². The van der Waals surface area contributed by atoms with Crippen LogP contribution >= 0.6 is 11.8 Å². The highest BCUT2D eigenvalue weighted by molar-refractivity contribution is 7.99. The smallest absolute Gasteiger partial charge is 0.308 e. The first-order valence-corrected chi connectivity index (χ1v) is 16.4. The van der Waals surface area contributed by atoms with Gasteiger partial charge in [-0.3, -0.25) is 19.3 Å². The fraction of sp³-hybridized carbons (Fsp3) is 0.559. The minimum absolute atomic E-state index is 0.000815.